The van der Waals surface area contributed by atoms with Crippen molar-refractivity contribution in [2.24, 2.45) is 5.41 Å². The quantitative estimate of drug-likeness (QED) is 0.246. The lowest BCUT2D eigenvalue weighted by molar-refractivity contribution is -0.135. The molecule has 0 radical (unpaired) electrons. The van der Waals surface area contributed by atoms with Gasteiger partial charge in [0.05, 0.1) is 0 Å². The molecule has 0 saturated heterocycles. The molecule has 0 saturated carbocycles. The second kappa shape index (κ2) is 11.8. The first-order valence-corrected chi connectivity index (χ1v) is 11.6. The molecular weight excluding hydrogens is 414 g/mol. The van der Waals surface area contributed by atoms with Crippen LogP contribution in [0.15, 0.2) is 73.1 Å². The lowest BCUT2D eigenvalue weighted by atomic mass is 9.70. The van der Waals surface area contributed by atoms with Gasteiger partial charge in [-0.05, 0) is 48.4 Å². The van der Waals surface area contributed by atoms with Gasteiger partial charge in [0.15, 0.2) is 5.78 Å². The van der Waals surface area contributed by atoms with Crippen molar-refractivity contribution < 1.29 is 19.8 Å². The predicted molar refractivity (Wildman–Crippen MR) is 133 cm³/mol. The molecule has 2 atom stereocenters. The molecule has 0 spiro atoms. The number of carboxylic acids is 1. The average Bonchev–Trinajstić information content (AvgIpc) is 2.81. The van der Waals surface area contributed by atoms with E-state index >= 15 is 0 Å². The third-order valence-corrected chi connectivity index (χ3v) is 6.70. The predicted octanol–water partition coefficient (Wildman–Crippen LogP) is 5.17. The molecule has 5 heteroatoms. The number of hydrogen-bond acceptors (Lipinski definition) is 4. The zero-order valence-corrected chi connectivity index (χ0v) is 20.1. The summed E-state index contributed by atoms with van der Waals surface area (Å²) in [6.45, 7) is 10.1. The van der Waals surface area contributed by atoms with E-state index in [4.69, 9.17) is 5.11 Å². The molecule has 0 bridgehead atoms. The molecule has 0 aromatic heterocycles. The Morgan fingerprint density at radius 1 is 1.24 bits per heavy atom. The summed E-state index contributed by atoms with van der Waals surface area (Å²) in [7, 11) is 0. The Labute approximate surface area is 197 Å². The van der Waals surface area contributed by atoms with Gasteiger partial charge in [-0.1, -0.05) is 82.3 Å². The fraction of sp³-hybridized carbons (Fsp3) is 0.429. The van der Waals surface area contributed by atoms with Crippen LogP contribution in [0.5, 0.6) is 0 Å². The summed E-state index contributed by atoms with van der Waals surface area (Å²) in [5.41, 5.74) is 1.94. The minimum absolute atomic E-state index is 0.0703. The zero-order valence-electron chi connectivity index (χ0n) is 20.1. The summed E-state index contributed by atoms with van der Waals surface area (Å²) in [6.07, 6.45) is 16.1. The van der Waals surface area contributed by atoms with Gasteiger partial charge in [-0.25, -0.2) is 4.79 Å². The second-order valence-electron chi connectivity index (χ2n) is 9.13. The van der Waals surface area contributed by atoms with E-state index in [1.54, 1.807) is 11.1 Å². The van der Waals surface area contributed by atoms with E-state index in [-0.39, 0.29) is 10.8 Å². The number of allylic oxidation sites excluding steroid dienone is 4. The normalized spacial score (nSPS) is 19.7. The van der Waals surface area contributed by atoms with Gasteiger partial charge in [0.2, 0.25) is 0 Å². The fourth-order valence-corrected chi connectivity index (χ4v) is 4.78. The van der Waals surface area contributed by atoms with Gasteiger partial charge in [0.25, 0.3) is 0 Å². The summed E-state index contributed by atoms with van der Waals surface area (Å²) < 4.78 is 0. The van der Waals surface area contributed by atoms with Crippen molar-refractivity contribution in [1.29, 1.82) is 0 Å². The van der Waals surface area contributed by atoms with Gasteiger partial charge in [-0.3, -0.25) is 4.79 Å². The maximum atomic E-state index is 11.9. The molecule has 33 heavy (non-hydrogen) atoms. The summed E-state index contributed by atoms with van der Waals surface area (Å²) in [5, 5.41) is 18.6. The molecule has 1 aliphatic rings. The largest absolute Gasteiger partial charge is 0.478 e. The van der Waals surface area contributed by atoms with Crippen LogP contribution in [-0.2, 0) is 21.4 Å². The second-order valence-corrected chi connectivity index (χ2v) is 9.13. The molecule has 1 aromatic rings. The molecule has 0 aliphatic heterocycles. The first-order chi connectivity index (χ1) is 15.7. The van der Waals surface area contributed by atoms with Crippen molar-refractivity contribution in [1.82, 2.24) is 4.90 Å². The minimum Gasteiger partial charge on any atom is -0.478 e. The highest BCUT2D eigenvalue weighted by Gasteiger charge is 2.33. The summed E-state index contributed by atoms with van der Waals surface area (Å²) in [6, 6.07) is 8.56. The van der Waals surface area contributed by atoms with Crippen molar-refractivity contribution in [3.8, 4) is 0 Å². The molecule has 0 fully saturated rings. The Morgan fingerprint density at radius 2 is 1.97 bits per heavy atom. The van der Waals surface area contributed by atoms with Crippen LogP contribution in [0, 0.1) is 5.41 Å². The highest BCUT2D eigenvalue weighted by Crippen LogP contribution is 2.40. The highest BCUT2D eigenvalue weighted by atomic mass is 16.4. The van der Waals surface area contributed by atoms with Crippen LogP contribution < -0.4 is 0 Å². The fourth-order valence-electron chi connectivity index (χ4n) is 4.78. The monoisotopic (exact) mass is 451 g/mol. The lowest BCUT2D eigenvalue weighted by Crippen LogP contribution is -2.36. The van der Waals surface area contributed by atoms with Crippen molar-refractivity contribution in [3.05, 3.63) is 84.2 Å². The minimum atomic E-state index is -1.35. The van der Waals surface area contributed by atoms with Gasteiger partial charge >= 0.3 is 5.97 Å². The number of carbonyl (C=O) groups is 2. The van der Waals surface area contributed by atoms with Crippen molar-refractivity contribution in [2.75, 3.05) is 13.2 Å². The summed E-state index contributed by atoms with van der Waals surface area (Å²) in [4.78, 5) is 25.2. The molecule has 2 rings (SSSR count). The molecule has 1 aromatic carbocycles. The highest BCUT2D eigenvalue weighted by molar-refractivity contribution is 6.16. The molecule has 5 nitrogen and oxygen atoms in total. The molecule has 0 heterocycles. The smallest absolute Gasteiger partial charge is 0.340 e. The molecule has 0 amide bonds. The van der Waals surface area contributed by atoms with Crippen LogP contribution in [0.3, 0.4) is 0 Å². The van der Waals surface area contributed by atoms with E-state index in [2.05, 4.69) is 75.9 Å². The number of hydrogen-bond donors (Lipinski definition) is 2. The molecule has 178 valence electrons. The van der Waals surface area contributed by atoms with Gasteiger partial charge in [0.1, 0.15) is 12.2 Å². The van der Waals surface area contributed by atoms with Crippen molar-refractivity contribution in [3.63, 3.8) is 0 Å². The number of rotatable bonds is 13. The van der Waals surface area contributed by atoms with Gasteiger partial charge in [-0.15, -0.1) is 0 Å². The molecule has 2 N–H and O–H groups in total. The molecule has 1 unspecified atom stereocenters. The van der Waals surface area contributed by atoms with Crippen molar-refractivity contribution in [2.45, 2.75) is 58.3 Å². The number of carboxylic acid groups (broad SMARTS) is 1. The molecule has 1 aliphatic carbocycles. The number of Topliss-reactive ketones (excluding diaryl/α,β-unsaturated/α-hetero) is 1. The Balaban J connectivity index is 2.45. The van der Waals surface area contributed by atoms with E-state index in [1.165, 1.54) is 17.3 Å². The Hall–Kier alpha value is -2.92. The standard InChI is InChI=1S/C28H37NO4/c1-5-15-28(6-2,21-29(7-3)19-23(26(32)33)25(31)20-30)18-22-13-9-10-14-24(22)27(4)16-11-8-12-17-27/h7-14,16,19,30H,3,5-6,15,17-18,20-21H2,1-2,4H3,(H,32,33)/b23-19+/t27-,28?/m0/s1. The number of benzene rings is 1. The van der Waals surface area contributed by atoms with Gasteiger partial charge < -0.3 is 15.1 Å². The maximum Gasteiger partial charge on any atom is 0.340 e. The number of aliphatic carboxylic acids is 1. The van der Waals surface area contributed by atoms with Crippen LogP contribution in [0.25, 0.3) is 0 Å². The number of aliphatic hydroxyl groups excluding tert-OH is 1. The van der Waals surface area contributed by atoms with E-state index in [0.29, 0.717) is 6.54 Å². The van der Waals surface area contributed by atoms with E-state index in [0.717, 1.165) is 32.1 Å². The first kappa shape index (κ1) is 26.3. The van der Waals surface area contributed by atoms with Crippen LogP contribution in [-0.4, -0.2) is 40.0 Å². The molecular formula is C28H37NO4. The topological polar surface area (TPSA) is 77.8 Å². The summed E-state index contributed by atoms with van der Waals surface area (Å²) >= 11 is 0. The first-order valence-electron chi connectivity index (χ1n) is 11.6. The summed E-state index contributed by atoms with van der Waals surface area (Å²) in [5.74, 6) is -2.17. The van der Waals surface area contributed by atoms with Crippen LogP contribution in [0.1, 0.15) is 57.6 Å². The Morgan fingerprint density at radius 3 is 2.52 bits per heavy atom. The number of aliphatic hydroxyl groups is 1. The Kier molecular flexibility index (Phi) is 9.42. The van der Waals surface area contributed by atoms with Crippen LogP contribution in [0.2, 0.25) is 0 Å². The Bertz CT molecular complexity index is 945. The average molecular weight is 452 g/mol. The number of carbonyl (C=O) groups excluding carboxylic acids is 1. The number of nitrogens with zero attached hydrogens (tertiary/aromatic N) is 1. The van der Waals surface area contributed by atoms with Gasteiger partial charge in [-0.2, -0.15) is 0 Å². The van der Waals surface area contributed by atoms with Crippen LogP contribution in [0.4, 0.5) is 0 Å². The third kappa shape index (κ3) is 6.55. The van der Waals surface area contributed by atoms with E-state index in [1.807, 2.05) is 0 Å². The van der Waals surface area contributed by atoms with Crippen molar-refractivity contribution >= 4 is 11.8 Å². The van der Waals surface area contributed by atoms with Gasteiger partial charge in [0, 0.05) is 18.2 Å². The number of ketones is 1. The maximum absolute atomic E-state index is 11.9. The zero-order chi connectivity index (χ0) is 24.5. The van der Waals surface area contributed by atoms with E-state index < -0.39 is 23.9 Å². The lowest BCUT2D eigenvalue weighted by Gasteiger charge is -2.39. The van der Waals surface area contributed by atoms with E-state index in [9.17, 15) is 14.7 Å². The SMILES string of the molecule is C=CN(/C=C(/C(=O)O)C(=O)CO)CC(CC)(CCC)Cc1ccccc1[C@@]1(C)C=CC=CC1. The van der Waals surface area contributed by atoms with Crippen LogP contribution >= 0.6 is 0 Å². The third-order valence-electron chi connectivity index (χ3n) is 6.70.